The van der Waals surface area contributed by atoms with E-state index in [1.807, 2.05) is 0 Å². The van der Waals surface area contributed by atoms with Crippen molar-refractivity contribution in [2.24, 2.45) is 0 Å². The van der Waals surface area contributed by atoms with Gasteiger partial charge in [0.1, 0.15) is 11.3 Å². The van der Waals surface area contributed by atoms with E-state index in [9.17, 15) is 22.8 Å². The average Bonchev–Trinajstić information content (AvgIpc) is 2.67. The van der Waals surface area contributed by atoms with Crippen molar-refractivity contribution in [1.82, 2.24) is 14.5 Å². The number of hydrogen-bond acceptors (Lipinski definition) is 4. The highest BCUT2D eigenvalue weighted by molar-refractivity contribution is 5.92. The Morgan fingerprint density at radius 2 is 1.72 bits per heavy atom. The van der Waals surface area contributed by atoms with E-state index in [1.54, 1.807) is 36.4 Å². The first-order valence-corrected chi connectivity index (χ1v) is 8.48. The molecule has 0 spiro atoms. The van der Waals surface area contributed by atoms with Crippen molar-refractivity contribution in [3.05, 3.63) is 93.3 Å². The maximum atomic E-state index is 13.2. The molecule has 9 heteroatoms. The van der Waals surface area contributed by atoms with Crippen LogP contribution in [0.25, 0.3) is 16.7 Å². The molecule has 0 saturated carbocycles. The third kappa shape index (κ3) is 3.62. The van der Waals surface area contributed by atoms with Crippen molar-refractivity contribution >= 4 is 22.4 Å². The first kappa shape index (κ1) is 18.5. The van der Waals surface area contributed by atoms with Gasteiger partial charge >= 0.3 is 6.18 Å². The lowest BCUT2D eigenvalue weighted by Gasteiger charge is -2.15. The summed E-state index contributed by atoms with van der Waals surface area (Å²) in [5.41, 5.74) is -1.18. The van der Waals surface area contributed by atoms with Crippen LogP contribution in [0.2, 0.25) is 0 Å². The summed E-state index contributed by atoms with van der Waals surface area (Å²) in [5, 5.41) is 3.20. The molecular weight excluding hydrogens is 385 g/mol. The number of H-pyrrole nitrogens is 1. The number of aromatic amines is 1. The lowest BCUT2D eigenvalue weighted by atomic mass is 10.2. The number of halogens is 3. The Kier molecular flexibility index (Phi) is 4.42. The molecule has 4 aromatic rings. The van der Waals surface area contributed by atoms with Gasteiger partial charge in [0.2, 0.25) is 5.56 Å². The first-order chi connectivity index (χ1) is 13.8. The van der Waals surface area contributed by atoms with Crippen molar-refractivity contribution in [3.8, 4) is 5.69 Å². The van der Waals surface area contributed by atoms with Gasteiger partial charge in [0.15, 0.2) is 0 Å². The number of fused-ring (bicyclic) bond motifs is 1. The number of aromatic nitrogens is 3. The maximum absolute atomic E-state index is 13.2. The summed E-state index contributed by atoms with van der Waals surface area (Å²) in [6.45, 7) is 0. The number of pyridine rings is 3. The zero-order valence-corrected chi connectivity index (χ0v) is 14.7. The van der Waals surface area contributed by atoms with Crippen LogP contribution in [0, 0.1) is 0 Å². The largest absolute Gasteiger partial charge is 0.433 e. The average molecular weight is 398 g/mol. The Bertz CT molecular complexity index is 1310. The molecular formula is C20H13F3N4O2. The second-order valence-electron chi connectivity index (χ2n) is 6.20. The summed E-state index contributed by atoms with van der Waals surface area (Å²) in [7, 11) is 0. The molecule has 4 rings (SSSR count). The van der Waals surface area contributed by atoms with Crippen LogP contribution in [0.5, 0.6) is 0 Å². The lowest BCUT2D eigenvalue weighted by molar-refractivity contribution is -0.141. The number of benzene rings is 1. The Hall–Kier alpha value is -3.88. The molecule has 0 atom stereocenters. The SMILES string of the molecule is O=c1cc(Nc2cc(=O)n(-c3ccccc3)c3nc(C(F)(F)F)ccc23)cc[nH]1. The van der Waals surface area contributed by atoms with E-state index in [4.69, 9.17) is 0 Å². The summed E-state index contributed by atoms with van der Waals surface area (Å²) >= 11 is 0. The van der Waals surface area contributed by atoms with Gasteiger partial charge in [-0.2, -0.15) is 13.2 Å². The third-order valence-corrected chi connectivity index (χ3v) is 4.22. The molecule has 3 heterocycles. The van der Waals surface area contributed by atoms with Gasteiger partial charge in [-0.1, -0.05) is 18.2 Å². The van der Waals surface area contributed by atoms with Gasteiger partial charge in [-0.05, 0) is 30.3 Å². The highest BCUT2D eigenvalue weighted by Gasteiger charge is 2.33. The number of alkyl halides is 3. The van der Waals surface area contributed by atoms with Gasteiger partial charge in [-0.15, -0.1) is 0 Å². The Morgan fingerprint density at radius 3 is 2.41 bits per heavy atom. The molecule has 0 fully saturated rings. The topological polar surface area (TPSA) is 79.8 Å². The zero-order valence-electron chi connectivity index (χ0n) is 14.7. The summed E-state index contributed by atoms with van der Waals surface area (Å²) in [6, 6.07) is 14.5. The highest BCUT2D eigenvalue weighted by Crippen LogP contribution is 2.31. The fourth-order valence-corrected chi connectivity index (χ4v) is 2.96. The van der Waals surface area contributed by atoms with Crippen LogP contribution in [0.4, 0.5) is 24.5 Å². The Balaban J connectivity index is 2.00. The number of para-hydroxylation sites is 1. The summed E-state index contributed by atoms with van der Waals surface area (Å²) < 4.78 is 40.8. The molecule has 29 heavy (non-hydrogen) atoms. The van der Waals surface area contributed by atoms with E-state index >= 15 is 0 Å². The molecule has 0 aliphatic rings. The minimum absolute atomic E-state index is 0.147. The van der Waals surface area contributed by atoms with Crippen LogP contribution in [0.1, 0.15) is 5.69 Å². The molecule has 0 unspecified atom stereocenters. The van der Waals surface area contributed by atoms with Crippen LogP contribution in [0.3, 0.4) is 0 Å². The predicted molar refractivity (Wildman–Crippen MR) is 103 cm³/mol. The second-order valence-corrected chi connectivity index (χ2v) is 6.20. The predicted octanol–water partition coefficient (Wildman–Crippen LogP) is 3.84. The molecule has 0 radical (unpaired) electrons. The molecule has 3 aromatic heterocycles. The number of rotatable bonds is 3. The highest BCUT2D eigenvalue weighted by atomic mass is 19.4. The van der Waals surface area contributed by atoms with Gasteiger partial charge in [-0.3, -0.25) is 14.2 Å². The monoisotopic (exact) mass is 398 g/mol. The summed E-state index contributed by atoms with van der Waals surface area (Å²) in [6.07, 6.45) is -3.25. The molecule has 2 N–H and O–H groups in total. The summed E-state index contributed by atoms with van der Waals surface area (Å²) in [5.74, 6) is 0. The normalized spacial score (nSPS) is 11.6. The van der Waals surface area contributed by atoms with Crippen LogP contribution >= 0.6 is 0 Å². The number of nitrogens with zero attached hydrogens (tertiary/aromatic N) is 2. The van der Waals surface area contributed by atoms with Crippen LogP contribution in [0.15, 0.2) is 76.4 Å². The molecule has 0 saturated heterocycles. The molecule has 0 aliphatic carbocycles. The van der Waals surface area contributed by atoms with E-state index in [0.717, 1.165) is 10.6 Å². The number of nitrogens with one attached hydrogen (secondary N) is 2. The first-order valence-electron chi connectivity index (χ1n) is 8.48. The Labute approximate surface area is 161 Å². The zero-order chi connectivity index (χ0) is 20.6. The van der Waals surface area contributed by atoms with E-state index in [2.05, 4.69) is 15.3 Å². The minimum Gasteiger partial charge on any atom is -0.355 e. The molecule has 146 valence electrons. The second kappa shape index (κ2) is 6.93. The lowest BCUT2D eigenvalue weighted by Crippen LogP contribution is -2.21. The number of anilines is 2. The number of hydrogen-bond donors (Lipinski definition) is 2. The van der Waals surface area contributed by atoms with E-state index in [0.29, 0.717) is 16.8 Å². The van der Waals surface area contributed by atoms with Gasteiger partial charge in [0.05, 0.1) is 11.4 Å². The van der Waals surface area contributed by atoms with Gasteiger partial charge in [0, 0.05) is 29.4 Å². The Morgan fingerprint density at radius 1 is 0.966 bits per heavy atom. The van der Waals surface area contributed by atoms with E-state index in [1.165, 1.54) is 24.4 Å². The smallest absolute Gasteiger partial charge is 0.355 e. The fraction of sp³-hybridized carbons (Fsp3) is 0.0500. The van der Waals surface area contributed by atoms with Crippen molar-refractivity contribution in [3.63, 3.8) is 0 Å². The van der Waals surface area contributed by atoms with Crippen LogP contribution in [-0.4, -0.2) is 14.5 Å². The van der Waals surface area contributed by atoms with Crippen molar-refractivity contribution in [2.75, 3.05) is 5.32 Å². The van der Waals surface area contributed by atoms with Crippen molar-refractivity contribution in [2.45, 2.75) is 6.18 Å². The molecule has 0 aliphatic heterocycles. The fourth-order valence-electron chi connectivity index (χ4n) is 2.96. The van der Waals surface area contributed by atoms with Crippen molar-refractivity contribution < 1.29 is 13.2 Å². The molecule has 1 aromatic carbocycles. The molecule has 6 nitrogen and oxygen atoms in total. The summed E-state index contributed by atoms with van der Waals surface area (Å²) in [4.78, 5) is 30.5. The van der Waals surface area contributed by atoms with Gasteiger partial charge in [-0.25, -0.2) is 4.98 Å². The van der Waals surface area contributed by atoms with Crippen LogP contribution in [-0.2, 0) is 6.18 Å². The molecule has 0 bridgehead atoms. The van der Waals surface area contributed by atoms with Crippen molar-refractivity contribution in [1.29, 1.82) is 0 Å². The van der Waals surface area contributed by atoms with Gasteiger partial charge < -0.3 is 10.3 Å². The van der Waals surface area contributed by atoms with Crippen LogP contribution < -0.4 is 16.4 Å². The van der Waals surface area contributed by atoms with Gasteiger partial charge in [0.25, 0.3) is 5.56 Å². The quantitative estimate of drug-likeness (QED) is 0.550. The van der Waals surface area contributed by atoms with E-state index < -0.39 is 17.4 Å². The maximum Gasteiger partial charge on any atom is 0.433 e. The standard InChI is InChI=1S/C20H13F3N4O2/c21-20(22,23)16-7-6-14-15(25-12-8-9-24-17(28)10-12)11-18(29)27(19(14)26-16)13-4-2-1-3-5-13/h1-11H,(H2,24,25,28). The van der Waals surface area contributed by atoms with E-state index in [-0.39, 0.29) is 16.9 Å². The minimum atomic E-state index is -4.66. The third-order valence-electron chi connectivity index (χ3n) is 4.22. The molecule has 0 amide bonds.